The van der Waals surface area contributed by atoms with Crippen LogP contribution in [0.4, 0.5) is 0 Å². The molecule has 2 amide bonds. The lowest BCUT2D eigenvalue weighted by Crippen LogP contribution is -2.36. The van der Waals surface area contributed by atoms with Crippen LogP contribution in [0.25, 0.3) is 0 Å². The number of hydrogen-bond acceptors (Lipinski definition) is 7. The molecule has 0 aromatic carbocycles. The van der Waals surface area contributed by atoms with Crippen LogP contribution in [0.15, 0.2) is 0 Å². The number of carbonyl (C=O) groups is 2. The first kappa shape index (κ1) is 33.7. The van der Waals surface area contributed by atoms with E-state index < -0.39 is 5.60 Å². The summed E-state index contributed by atoms with van der Waals surface area (Å²) in [6, 6.07) is 0. The second kappa shape index (κ2) is 15.8. The van der Waals surface area contributed by atoms with E-state index in [1.807, 2.05) is 55.4 Å². The number of carbonyl (C=O) groups excluding carboxylic acids is 2. The van der Waals surface area contributed by atoms with Crippen LogP contribution in [-0.4, -0.2) is 73.7 Å². The summed E-state index contributed by atoms with van der Waals surface area (Å²) in [6.07, 6.45) is 3.43. The normalized spacial score (nSPS) is 13.2. The third-order valence-corrected chi connectivity index (χ3v) is 5.85. The fourth-order valence-corrected chi connectivity index (χ4v) is 3.22. The van der Waals surface area contributed by atoms with Gasteiger partial charge >= 0.3 is 0 Å². The van der Waals surface area contributed by atoms with E-state index in [0.717, 1.165) is 12.8 Å². The summed E-state index contributed by atoms with van der Waals surface area (Å²) in [5, 5.41) is 2.94. The summed E-state index contributed by atoms with van der Waals surface area (Å²) in [5.74, 6) is -0.413. The molecular weight excluding hydrogens is 450 g/mol. The molecule has 0 aliphatic heterocycles. The summed E-state index contributed by atoms with van der Waals surface area (Å²) < 4.78 is 23.6. The van der Waals surface area contributed by atoms with Gasteiger partial charge < -0.3 is 35.7 Å². The average Bonchev–Trinajstić information content (AvgIpc) is 2.66. The average molecular weight is 504 g/mol. The predicted molar refractivity (Wildman–Crippen MR) is 139 cm³/mol. The van der Waals surface area contributed by atoms with E-state index in [9.17, 15) is 9.59 Å². The maximum absolute atomic E-state index is 12.2. The minimum absolute atomic E-state index is 0.0408. The summed E-state index contributed by atoms with van der Waals surface area (Å²) in [6.45, 7) is 18.9. The maximum Gasteiger partial charge on any atom is 0.222 e. The first-order chi connectivity index (χ1) is 16.0. The molecule has 0 aromatic rings. The minimum Gasteiger partial charge on any atom is -0.375 e. The Morgan fingerprint density at radius 2 is 1.03 bits per heavy atom. The van der Waals surface area contributed by atoms with E-state index in [4.69, 9.17) is 30.4 Å². The van der Waals surface area contributed by atoms with Crippen molar-refractivity contribution in [2.45, 2.75) is 116 Å². The molecule has 208 valence electrons. The van der Waals surface area contributed by atoms with Crippen molar-refractivity contribution < 1.29 is 28.5 Å². The molecule has 0 radical (unpaired) electrons. The smallest absolute Gasteiger partial charge is 0.222 e. The third kappa shape index (κ3) is 19.6. The molecule has 0 saturated heterocycles. The van der Waals surface area contributed by atoms with E-state index in [2.05, 4.69) is 5.32 Å². The molecular formula is C26H53N3O6. The zero-order valence-electron chi connectivity index (χ0n) is 23.6. The lowest BCUT2D eigenvalue weighted by Gasteiger charge is -2.30. The van der Waals surface area contributed by atoms with Gasteiger partial charge in [-0.2, -0.15) is 0 Å². The Kier molecular flexibility index (Phi) is 15.2. The molecule has 0 bridgehead atoms. The quantitative estimate of drug-likeness (QED) is 0.219. The predicted octanol–water partition coefficient (Wildman–Crippen LogP) is 3.07. The molecule has 0 fully saturated rings. The molecule has 35 heavy (non-hydrogen) atoms. The number of primary amides is 1. The summed E-state index contributed by atoms with van der Waals surface area (Å²) in [5.41, 5.74) is 9.37. The topological polar surface area (TPSA) is 135 Å². The number of ether oxygens (including phenoxy) is 4. The van der Waals surface area contributed by atoms with Gasteiger partial charge in [0.2, 0.25) is 11.8 Å². The Bertz CT molecular complexity index is 620. The minimum atomic E-state index is -0.402. The van der Waals surface area contributed by atoms with Gasteiger partial charge in [-0.3, -0.25) is 9.59 Å². The molecule has 0 spiro atoms. The van der Waals surface area contributed by atoms with Gasteiger partial charge in [0.15, 0.2) is 0 Å². The van der Waals surface area contributed by atoms with Crippen LogP contribution >= 0.6 is 0 Å². The zero-order chi connectivity index (χ0) is 27.2. The summed E-state index contributed by atoms with van der Waals surface area (Å²) in [7, 11) is 0. The second-order valence-electron chi connectivity index (χ2n) is 11.5. The van der Waals surface area contributed by atoms with Crippen molar-refractivity contribution in [2.24, 2.45) is 11.5 Å². The molecule has 9 nitrogen and oxygen atoms in total. The lowest BCUT2D eigenvalue weighted by atomic mass is 10.0. The summed E-state index contributed by atoms with van der Waals surface area (Å²) >= 11 is 0. The van der Waals surface area contributed by atoms with Gasteiger partial charge in [0, 0.05) is 19.4 Å². The van der Waals surface area contributed by atoms with Crippen molar-refractivity contribution in [3.05, 3.63) is 0 Å². The van der Waals surface area contributed by atoms with E-state index in [0.29, 0.717) is 58.8 Å². The van der Waals surface area contributed by atoms with Crippen LogP contribution in [0, 0.1) is 0 Å². The van der Waals surface area contributed by atoms with Crippen LogP contribution in [-0.2, 0) is 28.5 Å². The van der Waals surface area contributed by atoms with Crippen molar-refractivity contribution >= 4 is 11.8 Å². The van der Waals surface area contributed by atoms with E-state index >= 15 is 0 Å². The largest absolute Gasteiger partial charge is 0.375 e. The van der Waals surface area contributed by atoms with E-state index in [-0.39, 0.29) is 35.0 Å². The van der Waals surface area contributed by atoms with Crippen LogP contribution < -0.4 is 16.8 Å². The molecule has 0 atom stereocenters. The Morgan fingerprint density at radius 3 is 1.49 bits per heavy atom. The lowest BCUT2D eigenvalue weighted by molar-refractivity contribution is -0.124. The zero-order valence-corrected chi connectivity index (χ0v) is 23.6. The van der Waals surface area contributed by atoms with Gasteiger partial charge in [0.05, 0.1) is 48.8 Å². The third-order valence-electron chi connectivity index (χ3n) is 5.85. The van der Waals surface area contributed by atoms with Crippen molar-refractivity contribution in [1.82, 2.24) is 5.32 Å². The molecule has 0 aromatic heterocycles. The highest BCUT2D eigenvalue weighted by Gasteiger charge is 2.24. The molecule has 0 saturated carbocycles. The molecule has 9 heteroatoms. The number of nitrogens with two attached hydrogens (primary N) is 2. The van der Waals surface area contributed by atoms with Crippen LogP contribution in [0.1, 0.15) is 93.9 Å². The van der Waals surface area contributed by atoms with Gasteiger partial charge in [0.1, 0.15) is 0 Å². The van der Waals surface area contributed by atoms with Crippen LogP contribution in [0.5, 0.6) is 0 Å². The van der Waals surface area contributed by atoms with Crippen LogP contribution in [0.2, 0.25) is 0 Å². The van der Waals surface area contributed by atoms with Crippen molar-refractivity contribution in [1.29, 1.82) is 0 Å². The van der Waals surface area contributed by atoms with Crippen molar-refractivity contribution in [3.8, 4) is 0 Å². The first-order valence-electron chi connectivity index (χ1n) is 12.8. The van der Waals surface area contributed by atoms with Crippen LogP contribution in [0.3, 0.4) is 0 Å². The van der Waals surface area contributed by atoms with Gasteiger partial charge in [-0.05, 0) is 87.6 Å². The number of nitrogens with one attached hydrogen (secondary N) is 1. The molecule has 0 unspecified atom stereocenters. The molecule has 0 aliphatic carbocycles. The number of hydrogen-bond donors (Lipinski definition) is 3. The highest BCUT2D eigenvalue weighted by Crippen LogP contribution is 2.20. The van der Waals surface area contributed by atoms with E-state index in [1.165, 1.54) is 0 Å². The SMILES string of the molecule is CC(C)(CCN)OCCC(C)(C)OCCC(=O)NCCC(C)(C)OCCC(C)(C)OCCC(N)=O. The highest BCUT2D eigenvalue weighted by atomic mass is 16.5. The Morgan fingerprint density at radius 1 is 0.629 bits per heavy atom. The van der Waals surface area contributed by atoms with Gasteiger partial charge in [-0.25, -0.2) is 0 Å². The molecule has 0 aliphatic rings. The van der Waals surface area contributed by atoms with Crippen molar-refractivity contribution in [2.75, 3.05) is 39.5 Å². The molecule has 0 rings (SSSR count). The highest BCUT2D eigenvalue weighted by molar-refractivity contribution is 5.75. The molecule has 5 N–H and O–H groups in total. The molecule has 0 heterocycles. The Hall–Kier alpha value is -1.26. The Labute approximate surface area is 213 Å². The van der Waals surface area contributed by atoms with E-state index in [1.54, 1.807) is 0 Å². The van der Waals surface area contributed by atoms with Gasteiger partial charge in [-0.15, -0.1) is 0 Å². The number of amides is 2. The fraction of sp³-hybridized carbons (Fsp3) is 0.923. The van der Waals surface area contributed by atoms with Gasteiger partial charge in [-0.1, -0.05) is 0 Å². The van der Waals surface area contributed by atoms with Gasteiger partial charge in [0.25, 0.3) is 0 Å². The van der Waals surface area contributed by atoms with Crippen molar-refractivity contribution in [3.63, 3.8) is 0 Å². The first-order valence-corrected chi connectivity index (χ1v) is 12.8. The Balaban J connectivity index is 4.07. The summed E-state index contributed by atoms with van der Waals surface area (Å²) in [4.78, 5) is 23.0. The maximum atomic E-state index is 12.2. The monoisotopic (exact) mass is 503 g/mol. The fourth-order valence-electron chi connectivity index (χ4n) is 3.22. The second-order valence-corrected chi connectivity index (χ2v) is 11.5. The number of rotatable bonds is 21. The standard InChI is InChI=1S/C26H53N3O6/c1-23(2,11-15-27)34-19-13-26(7,8)33-18-10-22(31)29-16-12-24(3,4)35-20-14-25(5,6)32-17-9-21(28)30/h9-20,27H2,1-8H3,(H2,28,30)(H,29,31).